The van der Waals surface area contributed by atoms with Crippen molar-refractivity contribution in [3.63, 3.8) is 0 Å². The first-order valence-electron chi connectivity index (χ1n) is 13.7. The molecule has 0 saturated heterocycles. The Kier molecular flexibility index (Phi) is 11.3. The van der Waals surface area contributed by atoms with Gasteiger partial charge in [-0.25, -0.2) is 0 Å². The molecule has 0 spiro atoms. The Balaban J connectivity index is 0.000000238. The zero-order chi connectivity index (χ0) is 27.8. The molecular formula is C36H38IrN2Si-2. The summed E-state index contributed by atoms with van der Waals surface area (Å²) < 4.78 is 0. The van der Waals surface area contributed by atoms with Gasteiger partial charge in [-0.15, -0.1) is 71.3 Å². The monoisotopic (exact) mass is 719 g/mol. The molecule has 2 nitrogen and oxygen atoms in total. The van der Waals surface area contributed by atoms with Gasteiger partial charge in [0, 0.05) is 32.5 Å². The quantitative estimate of drug-likeness (QED) is 0.130. The average molecular weight is 719 g/mol. The summed E-state index contributed by atoms with van der Waals surface area (Å²) in [5, 5.41) is 1.43. The molecule has 0 aliphatic heterocycles. The molecular weight excluding hydrogens is 681 g/mol. The van der Waals surface area contributed by atoms with E-state index in [9.17, 15) is 0 Å². The van der Waals surface area contributed by atoms with Gasteiger partial charge in [0.2, 0.25) is 0 Å². The van der Waals surface area contributed by atoms with Crippen molar-refractivity contribution in [2.24, 2.45) is 0 Å². The molecule has 0 bridgehead atoms. The van der Waals surface area contributed by atoms with Crippen LogP contribution in [0.15, 0.2) is 109 Å². The van der Waals surface area contributed by atoms with Crippen molar-refractivity contribution in [3.05, 3.63) is 138 Å². The van der Waals surface area contributed by atoms with Crippen molar-refractivity contribution < 1.29 is 20.1 Å². The van der Waals surface area contributed by atoms with E-state index >= 15 is 0 Å². The van der Waals surface area contributed by atoms with E-state index in [0.717, 1.165) is 22.5 Å². The first kappa shape index (κ1) is 31.4. The van der Waals surface area contributed by atoms with Crippen LogP contribution in [0.25, 0.3) is 22.5 Å². The summed E-state index contributed by atoms with van der Waals surface area (Å²) in [5.41, 5.74) is 8.11. The smallest absolute Gasteiger partial charge is 0.0767 e. The predicted molar refractivity (Wildman–Crippen MR) is 168 cm³/mol. The topological polar surface area (TPSA) is 25.8 Å². The molecule has 1 atom stereocenters. The van der Waals surface area contributed by atoms with Gasteiger partial charge in [0.05, 0.1) is 8.07 Å². The summed E-state index contributed by atoms with van der Waals surface area (Å²) in [5.74, 6) is 0.898. The third-order valence-electron chi connectivity index (χ3n) is 6.96. The van der Waals surface area contributed by atoms with E-state index in [1.54, 1.807) is 0 Å². The van der Waals surface area contributed by atoms with Gasteiger partial charge in [-0.2, -0.15) is 0 Å². The fourth-order valence-electron chi connectivity index (χ4n) is 4.39. The molecule has 5 rings (SSSR count). The van der Waals surface area contributed by atoms with E-state index in [4.69, 9.17) is 0 Å². The van der Waals surface area contributed by atoms with Crippen LogP contribution in [0.2, 0.25) is 19.6 Å². The molecule has 1 radical (unpaired) electrons. The molecule has 5 aromatic rings. The zero-order valence-corrected chi connectivity index (χ0v) is 27.7. The van der Waals surface area contributed by atoms with Crippen LogP contribution in [0.3, 0.4) is 0 Å². The number of aromatic nitrogens is 2. The van der Waals surface area contributed by atoms with Crippen molar-refractivity contribution >= 4 is 13.3 Å². The molecule has 0 fully saturated rings. The van der Waals surface area contributed by atoms with Crippen LogP contribution < -0.4 is 5.19 Å². The molecule has 0 N–H and O–H groups in total. The largest absolute Gasteiger partial charge is 0.305 e. The number of hydrogen-bond donors (Lipinski definition) is 0. The molecule has 0 aliphatic rings. The van der Waals surface area contributed by atoms with Gasteiger partial charge in [-0.05, 0) is 40.9 Å². The maximum Gasteiger partial charge on any atom is 0.0767 e. The average Bonchev–Trinajstić information content (AvgIpc) is 2.98. The van der Waals surface area contributed by atoms with Crippen LogP contribution in [0.4, 0.5) is 0 Å². The minimum absolute atomic E-state index is 0. The van der Waals surface area contributed by atoms with Gasteiger partial charge in [0.15, 0.2) is 0 Å². The Labute approximate surface area is 255 Å². The normalized spacial score (nSPS) is 11.7. The third kappa shape index (κ3) is 8.41. The Hall–Kier alpha value is -3.17. The van der Waals surface area contributed by atoms with Gasteiger partial charge in [-0.3, -0.25) is 0 Å². The van der Waals surface area contributed by atoms with Crippen molar-refractivity contribution in [2.75, 3.05) is 0 Å². The standard InChI is InChI=1S/C22H24NSi.C14H14N.Ir/c1-17(18-9-6-5-7-10-18)19-11-8-12-20(15-19)22-16-21(13-14-23-22)24(2,3)4;1-11(2)13-8-9-15-14(10-13)12-6-4-3-5-7-12;/h5-11,13-17H,1-4H3;3-6,8-11H,1-2H3;/q2*-1;. The molecule has 3 aromatic carbocycles. The molecule has 1 unspecified atom stereocenters. The Morgan fingerprint density at radius 1 is 0.600 bits per heavy atom. The Morgan fingerprint density at radius 2 is 1.25 bits per heavy atom. The second-order valence-electron chi connectivity index (χ2n) is 11.3. The van der Waals surface area contributed by atoms with Gasteiger partial charge < -0.3 is 9.97 Å². The molecule has 2 aromatic heterocycles. The molecule has 40 heavy (non-hydrogen) atoms. The summed E-state index contributed by atoms with van der Waals surface area (Å²) in [6.45, 7) is 13.7. The third-order valence-corrected chi connectivity index (χ3v) is 9.01. The van der Waals surface area contributed by atoms with Crippen molar-refractivity contribution in [1.29, 1.82) is 0 Å². The second kappa shape index (κ2) is 14.5. The summed E-state index contributed by atoms with van der Waals surface area (Å²) in [6, 6.07) is 40.1. The maximum atomic E-state index is 4.59. The molecule has 4 heteroatoms. The van der Waals surface area contributed by atoms with Crippen LogP contribution in [0, 0.1) is 12.1 Å². The van der Waals surface area contributed by atoms with E-state index < -0.39 is 8.07 Å². The van der Waals surface area contributed by atoms with E-state index in [2.05, 4.69) is 129 Å². The van der Waals surface area contributed by atoms with Crippen molar-refractivity contribution in [3.8, 4) is 22.5 Å². The number of rotatable bonds is 6. The number of pyridine rings is 2. The number of hydrogen-bond acceptors (Lipinski definition) is 2. The molecule has 0 aliphatic carbocycles. The minimum Gasteiger partial charge on any atom is -0.305 e. The van der Waals surface area contributed by atoms with Crippen molar-refractivity contribution in [2.45, 2.75) is 52.2 Å². The van der Waals surface area contributed by atoms with Gasteiger partial charge in [-0.1, -0.05) is 93.6 Å². The second-order valence-corrected chi connectivity index (χ2v) is 16.3. The zero-order valence-electron chi connectivity index (χ0n) is 24.3. The number of benzene rings is 3. The van der Waals surface area contributed by atoms with Crippen LogP contribution in [-0.2, 0) is 20.1 Å². The summed E-state index contributed by atoms with van der Waals surface area (Å²) in [4.78, 5) is 8.95. The van der Waals surface area contributed by atoms with E-state index in [0.29, 0.717) is 11.8 Å². The molecule has 207 valence electrons. The van der Waals surface area contributed by atoms with E-state index in [1.165, 1.54) is 21.9 Å². The maximum absolute atomic E-state index is 4.59. The van der Waals surface area contributed by atoms with Gasteiger partial charge in [0.25, 0.3) is 0 Å². The van der Waals surface area contributed by atoms with Crippen LogP contribution in [0.5, 0.6) is 0 Å². The first-order chi connectivity index (χ1) is 18.7. The first-order valence-corrected chi connectivity index (χ1v) is 17.2. The van der Waals surface area contributed by atoms with Crippen LogP contribution in [0.1, 0.15) is 49.3 Å². The van der Waals surface area contributed by atoms with E-state index in [-0.39, 0.29) is 20.1 Å². The Morgan fingerprint density at radius 3 is 1.90 bits per heavy atom. The minimum atomic E-state index is -1.34. The fraction of sp³-hybridized carbons (Fsp3) is 0.222. The summed E-state index contributed by atoms with van der Waals surface area (Å²) in [6.07, 6.45) is 3.80. The number of nitrogens with zero attached hydrogens (tertiary/aromatic N) is 2. The van der Waals surface area contributed by atoms with Crippen molar-refractivity contribution in [1.82, 2.24) is 9.97 Å². The summed E-state index contributed by atoms with van der Waals surface area (Å²) in [7, 11) is -1.34. The predicted octanol–water partition coefficient (Wildman–Crippen LogP) is 8.92. The molecule has 0 amide bonds. The summed E-state index contributed by atoms with van der Waals surface area (Å²) >= 11 is 0. The van der Waals surface area contributed by atoms with E-state index in [1.807, 2.05) is 42.7 Å². The molecule has 0 saturated carbocycles. The van der Waals surface area contributed by atoms with Gasteiger partial charge in [0.1, 0.15) is 0 Å². The SMILES string of the molecule is CC(C)c1ccnc(-c2[c-]cccc2)c1.CC(c1ccccc1)c1cc[c-]c(-c2cc([Si](C)(C)C)ccn2)c1.[Ir]. The van der Waals surface area contributed by atoms with Gasteiger partial charge >= 0.3 is 0 Å². The fourth-order valence-corrected chi connectivity index (χ4v) is 5.53. The molecule has 2 heterocycles. The Bertz CT molecular complexity index is 1480. The van der Waals surface area contributed by atoms with Crippen LogP contribution in [-0.4, -0.2) is 18.0 Å². The van der Waals surface area contributed by atoms with Crippen LogP contribution >= 0.6 is 0 Å².